The van der Waals surface area contributed by atoms with Gasteiger partial charge in [-0.15, -0.1) is 0 Å². The lowest BCUT2D eigenvalue weighted by molar-refractivity contribution is 1.34. The lowest BCUT2D eigenvalue weighted by Gasteiger charge is -2.18. The molecule has 0 radical (unpaired) electrons. The number of benzene rings is 10. The maximum absolute atomic E-state index is 4.86. The van der Waals surface area contributed by atoms with Gasteiger partial charge in [0.25, 0.3) is 0 Å². The van der Waals surface area contributed by atoms with Gasteiger partial charge in [0.05, 0.1) is 5.69 Å². The first-order valence-electron chi connectivity index (χ1n) is 19.3. The Balaban J connectivity index is 0.994. The standard InChI is InChI=1S/C55H35N/c1-2-11-36(12-3-1)43-28-31-50-52(35-43)55(53-19-8-9-32-56-53)49-16-7-6-15-48(49)54(50)40-26-22-38(23-27-40)37-20-24-39(25-21-37)45-17-10-18-46-47(45)30-29-44-33-41-13-4-5-14-42(41)34-51(44)46/h1-35H. The quantitative estimate of drug-likeness (QED) is 0.128. The van der Waals surface area contributed by atoms with Gasteiger partial charge in [-0.05, 0) is 129 Å². The molecule has 0 aliphatic carbocycles. The molecule has 0 saturated heterocycles. The van der Waals surface area contributed by atoms with E-state index in [0.717, 1.165) is 5.69 Å². The number of pyridine rings is 1. The van der Waals surface area contributed by atoms with Crippen LogP contribution in [0.2, 0.25) is 0 Å². The molecule has 260 valence electrons. The molecule has 1 heterocycles. The smallest absolute Gasteiger partial charge is 0.0714 e. The summed E-state index contributed by atoms with van der Waals surface area (Å²) in [5.41, 5.74) is 11.9. The minimum Gasteiger partial charge on any atom is -0.256 e. The second kappa shape index (κ2) is 13.2. The zero-order valence-corrected chi connectivity index (χ0v) is 30.7. The van der Waals surface area contributed by atoms with E-state index in [9.17, 15) is 0 Å². The van der Waals surface area contributed by atoms with Crippen LogP contribution in [-0.2, 0) is 0 Å². The fourth-order valence-corrected chi connectivity index (χ4v) is 8.79. The summed E-state index contributed by atoms with van der Waals surface area (Å²) in [7, 11) is 0. The highest BCUT2D eigenvalue weighted by molar-refractivity contribution is 6.22. The first kappa shape index (κ1) is 32.1. The van der Waals surface area contributed by atoms with Crippen molar-refractivity contribution < 1.29 is 0 Å². The summed E-state index contributed by atoms with van der Waals surface area (Å²) in [4.78, 5) is 4.86. The van der Waals surface area contributed by atoms with Crippen LogP contribution in [0.15, 0.2) is 212 Å². The van der Waals surface area contributed by atoms with Gasteiger partial charge in [-0.25, -0.2) is 0 Å². The van der Waals surface area contributed by atoms with Gasteiger partial charge in [0, 0.05) is 11.8 Å². The first-order valence-corrected chi connectivity index (χ1v) is 19.3. The maximum atomic E-state index is 4.86. The molecule has 0 N–H and O–H groups in total. The van der Waals surface area contributed by atoms with Crippen molar-refractivity contribution in [2.24, 2.45) is 0 Å². The Morgan fingerprint density at radius 2 is 0.821 bits per heavy atom. The van der Waals surface area contributed by atoms with E-state index in [0.29, 0.717) is 0 Å². The van der Waals surface area contributed by atoms with Crippen molar-refractivity contribution in [2.45, 2.75) is 0 Å². The molecule has 1 nitrogen and oxygen atoms in total. The predicted octanol–water partition coefficient (Wildman–Crippen LogP) is 15.2. The highest BCUT2D eigenvalue weighted by Gasteiger charge is 2.18. The average molecular weight is 710 g/mol. The molecule has 0 saturated carbocycles. The van der Waals surface area contributed by atoms with Crippen molar-refractivity contribution in [3.63, 3.8) is 0 Å². The Morgan fingerprint density at radius 1 is 0.250 bits per heavy atom. The summed E-state index contributed by atoms with van der Waals surface area (Å²) in [6, 6.07) is 75.2. The van der Waals surface area contributed by atoms with E-state index in [2.05, 4.69) is 200 Å². The Kier molecular flexibility index (Phi) is 7.57. The van der Waals surface area contributed by atoms with Crippen LogP contribution in [0.4, 0.5) is 0 Å². The summed E-state index contributed by atoms with van der Waals surface area (Å²) in [5, 5.41) is 12.5. The third kappa shape index (κ3) is 5.36. The Labute approximate surface area is 325 Å². The van der Waals surface area contributed by atoms with Gasteiger partial charge in [-0.1, -0.05) is 176 Å². The third-order valence-electron chi connectivity index (χ3n) is 11.5. The molecule has 0 aliphatic heterocycles. The zero-order valence-electron chi connectivity index (χ0n) is 30.7. The fraction of sp³-hybridized carbons (Fsp3) is 0. The van der Waals surface area contributed by atoms with Gasteiger partial charge in [-0.3, -0.25) is 4.98 Å². The molecular weight excluding hydrogens is 675 g/mol. The topological polar surface area (TPSA) is 12.9 Å². The summed E-state index contributed by atoms with van der Waals surface area (Å²) in [5.74, 6) is 0. The number of aromatic nitrogens is 1. The Bertz CT molecular complexity index is 3250. The van der Waals surface area contributed by atoms with Crippen LogP contribution in [0.25, 0.3) is 110 Å². The minimum atomic E-state index is 0.981. The summed E-state index contributed by atoms with van der Waals surface area (Å²) in [6.45, 7) is 0. The average Bonchev–Trinajstić information content (AvgIpc) is 3.28. The van der Waals surface area contributed by atoms with Gasteiger partial charge >= 0.3 is 0 Å². The second-order valence-corrected chi connectivity index (χ2v) is 14.7. The molecule has 0 atom stereocenters. The van der Waals surface area contributed by atoms with Crippen LogP contribution < -0.4 is 0 Å². The number of fused-ring (bicyclic) bond motifs is 6. The Morgan fingerprint density at radius 3 is 1.57 bits per heavy atom. The molecule has 0 bridgehead atoms. The van der Waals surface area contributed by atoms with E-state index in [1.807, 2.05) is 12.3 Å². The number of nitrogens with zero attached hydrogens (tertiary/aromatic N) is 1. The first-order chi connectivity index (χ1) is 27.8. The van der Waals surface area contributed by atoms with Gasteiger partial charge < -0.3 is 0 Å². The highest BCUT2D eigenvalue weighted by Crippen LogP contribution is 2.45. The molecule has 56 heavy (non-hydrogen) atoms. The molecule has 1 heteroatoms. The van der Waals surface area contributed by atoms with Crippen molar-refractivity contribution in [1.82, 2.24) is 4.98 Å². The largest absolute Gasteiger partial charge is 0.256 e. The fourth-order valence-electron chi connectivity index (χ4n) is 8.79. The maximum Gasteiger partial charge on any atom is 0.0714 e. The minimum absolute atomic E-state index is 0.981. The van der Waals surface area contributed by atoms with Crippen LogP contribution in [0.1, 0.15) is 0 Å². The third-order valence-corrected chi connectivity index (χ3v) is 11.5. The van der Waals surface area contributed by atoms with Crippen LogP contribution in [-0.4, -0.2) is 4.98 Å². The Hall–Kier alpha value is -7.35. The van der Waals surface area contributed by atoms with E-state index < -0.39 is 0 Å². The van der Waals surface area contributed by atoms with Crippen LogP contribution in [0.5, 0.6) is 0 Å². The van der Waals surface area contributed by atoms with E-state index in [-0.39, 0.29) is 0 Å². The monoisotopic (exact) mass is 709 g/mol. The van der Waals surface area contributed by atoms with Crippen LogP contribution in [0, 0.1) is 0 Å². The van der Waals surface area contributed by atoms with Crippen molar-refractivity contribution in [1.29, 1.82) is 0 Å². The molecule has 0 spiro atoms. The van der Waals surface area contributed by atoms with Gasteiger partial charge in [-0.2, -0.15) is 0 Å². The van der Waals surface area contributed by atoms with Gasteiger partial charge in [0.1, 0.15) is 0 Å². The number of rotatable bonds is 5. The highest BCUT2D eigenvalue weighted by atomic mass is 14.7. The van der Waals surface area contributed by atoms with E-state index in [1.54, 1.807) is 0 Å². The molecule has 0 fully saturated rings. The zero-order chi connectivity index (χ0) is 37.0. The van der Waals surface area contributed by atoms with E-state index in [4.69, 9.17) is 4.98 Å². The van der Waals surface area contributed by atoms with Crippen molar-refractivity contribution in [3.05, 3.63) is 212 Å². The molecule has 11 rings (SSSR count). The van der Waals surface area contributed by atoms with E-state index in [1.165, 1.54) is 104 Å². The van der Waals surface area contributed by atoms with Crippen LogP contribution in [0.3, 0.4) is 0 Å². The summed E-state index contributed by atoms with van der Waals surface area (Å²) >= 11 is 0. The van der Waals surface area contributed by atoms with E-state index >= 15 is 0 Å². The molecule has 1 aromatic heterocycles. The van der Waals surface area contributed by atoms with Gasteiger partial charge in [0.2, 0.25) is 0 Å². The summed E-state index contributed by atoms with van der Waals surface area (Å²) < 4.78 is 0. The van der Waals surface area contributed by atoms with Crippen LogP contribution >= 0.6 is 0 Å². The van der Waals surface area contributed by atoms with Crippen molar-refractivity contribution >= 4 is 53.9 Å². The normalized spacial score (nSPS) is 11.6. The molecule has 11 aromatic rings. The molecule has 0 unspecified atom stereocenters. The van der Waals surface area contributed by atoms with Crippen molar-refractivity contribution in [2.75, 3.05) is 0 Å². The molecule has 10 aromatic carbocycles. The second-order valence-electron chi connectivity index (χ2n) is 14.7. The predicted molar refractivity (Wildman–Crippen MR) is 239 cm³/mol. The lowest BCUT2D eigenvalue weighted by atomic mass is 9.85. The number of hydrogen-bond donors (Lipinski definition) is 0. The molecule has 0 amide bonds. The van der Waals surface area contributed by atoms with Crippen molar-refractivity contribution in [3.8, 4) is 55.8 Å². The number of hydrogen-bond acceptors (Lipinski definition) is 1. The SMILES string of the molecule is c1ccc(-c2ccc3c(-c4ccc(-c5ccc(-c6cccc7c6ccc6cc8ccccc8cc67)cc5)cc4)c4ccccc4c(-c4ccccn4)c3c2)cc1. The molecular formula is C55H35N. The summed E-state index contributed by atoms with van der Waals surface area (Å²) in [6.07, 6.45) is 1.89. The molecule has 0 aliphatic rings. The van der Waals surface area contributed by atoms with Gasteiger partial charge in [0.15, 0.2) is 0 Å². The lowest BCUT2D eigenvalue weighted by Crippen LogP contribution is -1.93.